The number of nitrogen functional groups attached to an aromatic ring is 1. The van der Waals surface area contributed by atoms with Crippen LogP contribution in [-0.4, -0.2) is 32.3 Å². The van der Waals surface area contributed by atoms with Crippen LogP contribution >= 0.6 is 0 Å². The fourth-order valence-corrected chi connectivity index (χ4v) is 2.40. The van der Waals surface area contributed by atoms with Gasteiger partial charge < -0.3 is 20.1 Å². The Morgan fingerprint density at radius 2 is 2.00 bits per heavy atom. The lowest BCUT2D eigenvalue weighted by Crippen LogP contribution is -2.37. The maximum atomic E-state index is 5.60. The maximum Gasteiger partial charge on any atom is 0.222 e. The number of nitrogens with two attached hydrogens (primary N) is 1. The predicted octanol–water partition coefficient (Wildman–Crippen LogP) is 1.81. The third-order valence-corrected chi connectivity index (χ3v) is 3.38. The van der Waals surface area contributed by atoms with Gasteiger partial charge in [-0.3, -0.25) is 0 Å². The van der Waals surface area contributed by atoms with Crippen LogP contribution in [0.5, 0.6) is 0 Å². The van der Waals surface area contributed by atoms with Gasteiger partial charge in [0, 0.05) is 38.8 Å². The molecule has 18 heavy (non-hydrogen) atoms. The van der Waals surface area contributed by atoms with Gasteiger partial charge in [-0.15, -0.1) is 0 Å². The number of fused-ring (bicyclic) bond motifs is 1. The summed E-state index contributed by atoms with van der Waals surface area (Å²) in [6, 6.07) is 7.97. The summed E-state index contributed by atoms with van der Waals surface area (Å²) in [6.45, 7) is 2.02. The van der Waals surface area contributed by atoms with Gasteiger partial charge in [0.2, 0.25) is 5.88 Å². The van der Waals surface area contributed by atoms with E-state index < -0.39 is 0 Å². The van der Waals surface area contributed by atoms with E-state index in [0.29, 0.717) is 5.88 Å². The minimum atomic E-state index is 0.342. The molecule has 0 aliphatic carbocycles. The fourth-order valence-electron chi connectivity index (χ4n) is 2.40. The molecule has 2 N–H and O–H groups in total. The van der Waals surface area contributed by atoms with E-state index in [0.717, 1.165) is 24.3 Å². The topological polar surface area (TPSA) is 58.5 Å². The van der Waals surface area contributed by atoms with Crippen LogP contribution in [0.2, 0.25) is 0 Å². The highest BCUT2D eigenvalue weighted by molar-refractivity contribution is 5.88. The van der Waals surface area contributed by atoms with E-state index in [-0.39, 0.29) is 0 Å². The standard InChI is InChI=1S/C13H16N4O/c1-16-6-7-17(2)13-9(4-3-5-11(13)16)10-8-12(14)18-15-10/h3-5,8H,6-7,14H2,1-2H3. The van der Waals surface area contributed by atoms with E-state index in [1.165, 1.54) is 11.4 Å². The van der Waals surface area contributed by atoms with Crippen molar-refractivity contribution >= 4 is 17.3 Å². The largest absolute Gasteiger partial charge is 0.371 e. The molecule has 3 rings (SSSR count). The van der Waals surface area contributed by atoms with Gasteiger partial charge in [0.25, 0.3) is 0 Å². The van der Waals surface area contributed by atoms with E-state index in [9.17, 15) is 0 Å². The molecule has 0 radical (unpaired) electrons. The van der Waals surface area contributed by atoms with Crippen molar-refractivity contribution in [3.8, 4) is 11.3 Å². The molecule has 0 saturated heterocycles. The van der Waals surface area contributed by atoms with Crippen LogP contribution in [0.4, 0.5) is 17.3 Å². The van der Waals surface area contributed by atoms with Crippen molar-refractivity contribution in [3.05, 3.63) is 24.3 Å². The minimum Gasteiger partial charge on any atom is -0.371 e. The van der Waals surface area contributed by atoms with Gasteiger partial charge in [-0.1, -0.05) is 17.3 Å². The lowest BCUT2D eigenvalue weighted by Gasteiger charge is -2.35. The Balaban J connectivity index is 2.19. The number of hydrogen-bond donors (Lipinski definition) is 1. The smallest absolute Gasteiger partial charge is 0.222 e. The van der Waals surface area contributed by atoms with Crippen LogP contribution in [0.25, 0.3) is 11.3 Å². The predicted molar refractivity (Wildman–Crippen MR) is 72.9 cm³/mol. The van der Waals surface area contributed by atoms with Crippen molar-refractivity contribution in [1.29, 1.82) is 0 Å². The summed E-state index contributed by atoms with van der Waals surface area (Å²) in [5.74, 6) is 0.342. The number of rotatable bonds is 1. The van der Waals surface area contributed by atoms with Crippen molar-refractivity contribution in [2.75, 3.05) is 42.7 Å². The average molecular weight is 244 g/mol. The van der Waals surface area contributed by atoms with E-state index in [2.05, 4.69) is 35.1 Å². The van der Waals surface area contributed by atoms with Crippen molar-refractivity contribution in [3.63, 3.8) is 0 Å². The summed E-state index contributed by atoms with van der Waals surface area (Å²) in [6.07, 6.45) is 0. The molecule has 1 aromatic carbocycles. The van der Waals surface area contributed by atoms with Crippen LogP contribution in [0.3, 0.4) is 0 Å². The molecule has 5 nitrogen and oxygen atoms in total. The SMILES string of the molecule is CN1CCN(C)c2c(-c3cc(N)on3)cccc21. The lowest BCUT2D eigenvalue weighted by molar-refractivity contribution is 0.439. The van der Waals surface area contributed by atoms with Crippen LogP contribution in [0.1, 0.15) is 0 Å². The minimum absolute atomic E-state index is 0.342. The summed E-state index contributed by atoms with van der Waals surface area (Å²) in [5.41, 5.74) is 9.83. The van der Waals surface area contributed by atoms with Crippen molar-refractivity contribution in [1.82, 2.24) is 5.16 Å². The second kappa shape index (κ2) is 3.94. The van der Waals surface area contributed by atoms with E-state index in [1.54, 1.807) is 6.07 Å². The summed E-state index contributed by atoms with van der Waals surface area (Å²) in [5, 5.41) is 4.01. The molecule has 2 heterocycles. The first-order valence-electron chi connectivity index (χ1n) is 5.94. The third-order valence-electron chi connectivity index (χ3n) is 3.38. The van der Waals surface area contributed by atoms with Crippen LogP contribution < -0.4 is 15.5 Å². The van der Waals surface area contributed by atoms with E-state index >= 15 is 0 Å². The quantitative estimate of drug-likeness (QED) is 0.829. The summed E-state index contributed by atoms with van der Waals surface area (Å²) < 4.78 is 4.97. The van der Waals surface area contributed by atoms with E-state index in [1.807, 2.05) is 12.1 Å². The maximum absolute atomic E-state index is 5.60. The molecule has 1 aromatic heterocycles. The Morgan fingerprint density at radius 3 is 2.72 bits per heavy atom. The van der Waals surface area contributed by atoms with Crippen LogP contribution in [0, 0.1) is 0 Å². The molecule has 0 bridgehead atoms. The molecule has 2 aromatic rings. The zero-order chi connectivity index (χ0) is 12.7. The summed E-state index contributed by atoms with van der Waals surface area (Å²) in [4.78, 5) is 4.50. The van der Waals surface area contributed by atoms with Crippen molar-refractivity contribution in [2.45, 2.75) is 0 Å². The second-order valence-corrected chi connectivity index (χ2v) is 4.63. The molecule has 1 aliphatic rings. The number of para-hydroxylation sites is 1. The average Bonchev–Trinajstić information content (AvgIpc) is 2.80. The van der Waals surface area contributed by atoms with Gasteiger partial charge in [-0.2, -0.15) is 0 Å². The molecule has 5 heteroatoms. The molecule has 1 aliphatic heterocycles. The first kappa shape index (κ1) is 11.0. The van der Waals surface area contributed by atoms with Gasteiger partial charge in [-0.25, -0.2) is 0 Å². The van der Waals surface area contributed by atoms with Gasteiger partial charge >= 0.3 is 0 Å². The normalized spacial score (nSPS) is 14.8. The highest BCUT2D eigenvalue weighted by Gasteiger charge is 2.22. The van der Waals surface area contributed by atoms with Crippen LogP contribution in [0.15, 0.2) is 28.8 Å². The summed E-state index contributed by atoms with van der Waals surface area (Å²) >= 11 is 0. The number of aromatic nitrogens is 1. The first-order valence-corrected chi connectivity index (χ1v) is 5.94. The van der Waals surface area contributed by atoms with Gasteiger partial charge in [0.1, 0.15) is 5.69 Å². The Kier molecular flexibility index (Phi) is 2.40. The number of nitrogens with zero attached hydrogens (tertiary/aromatic N) is 3. The molecule has 94 valence electrons. The molecule has 0 unspecified atom stereocenters. The summed E-state index contributed by atoms with van der Waals surface area (Å²) in [7, 11) is 4.20. The lowest BCUT2D eigenvalue weighted by atomic mass is 10.0. The Hall–Kier alpha value is -2.17. The molecule has 0 saturated carbocycles. The molecule has 0 fully saturated rings. The number of anilines is 3. The van der Waals surface area contributed by atoms with Crippen molar-refractivity contribution < 1.29 is 4.52 Å². The second-order valence-electron chi connectivity index (χ2n) is 4.63. The number of benzene rings is 1. The number of hydrogen-bond acceptors (Lipinski definition) is 5. The van der Waals surface area contributed by atoms with E-state index in [4.69, 9.17) is 10.3 Å². The highest BCUT2D eigenvalue weighted by atomic mass is 16.5. The van der Waals surface area contributed by atoms with Crippen molar-refractivity contribution in [2.24, 2.45) is 0 Å². The molecule has 0 spiro atoms. The Labute approximate surface area is 106 Å². The number of likely N-dealkylation sites (N-methyl/N-ethyl adjacent to an activating group) is 2. The fraction of sp³-hybridized carbons (Fsp3) is 0.308. The van der Waals surface area contributed by atoms with Crippen LogP contribution in [-0.2, 0) is 0 Å². The molecule has 0 amide bonds. The zero-order valence-electron chi connectivity index (χ0n) is 10.6. The van der Waals surface area contributed by atoms with Gasteiger partial charge in [0.05, 0.1) is 11.4 Å². The Morgan fingerprint density at radius 1 is 1.22 bits per heavy atom. The monoisotopic (exact) mass is 244 g/mol. The molecule has 0 atom stereocenters. The molecular weight excluding hydrogens is 228 g/mol. The first-order chi connectivity index (χ1) is 8.66. The Bertz CT molecular complexity index is 578. The highest BCUT2D eigenvalue weighted by Crippen LogP contribution is 2.40. The zero-order valence-corrected chi connectivity index (χ0v) is 10.6. The van der Waals surface area contributed by atoms with Gasteiger partial charge in [0.15, 0.2) is 0 Å². The molecular formula is C13H16N4O. The third kappa shape index (κ3) is 1.59. The van der Waals surface area contributed by atoms with Gasteiger partial charge in [-0.05, 0) is 6.07 Å².